The fourth-order valence-electron chi connectivity index (χ4n) is 2.45. The van der Waals surface area contributed by atoms with Gasteiger partial charge in [-0.25, -0.2) is 4.39 Å². The minimum absolute atomic E-state index is 0.201. The molecular formula is C19H17FN2O3S. The van der Waals surface area contributed by atoms with E-state index in [0.717, 1.165) is 11.1 Å². The number of benzene rings is 1. The second-order valence-corrected chi connectivity index (χ2v) is 6.85. The van der Waals surface area contributed by atoms with Crippen LogP contribution in [0.25, 0.3) is 0 Å². The Balaban J connectivity index is 1.68. The minimum Gasteiger partial charge on any atom is -0.459 e. The Morgan fingerprint density at radius 2 is 1.88 bits per heavy atom. The van der Waals surface area contributed by atoms with Gasteiger partial charge in [0.05, 0.1) is 22.2 Å². The van der Waals surface area contributed by atoms with Gasteiger partial charge in [0.1, 0.15) is 5.82 Å². The molecule has 5 nitrogen and oxygen atoms in total. The molecular weight excluding hydrogens is 355 g/mol. The maximum atomic E-state index is 13.0. The van der Waals surface area contributed by atoms with Crippen LogP contribution in [0.3, 0.4) is 0 Å². The highest BCUT2D eigenvalue weighted by Gasteiger charge is 2.18. The molecule has 0 fully saturated rings. The third kappa shape index (κ3) is 4.00. The van der Waals surface area contributed by atoms with Gasteiger partial charge >= 0.3 is 0 Å². The van der Waals surface area contributed by atoms with Gasteiger partial charge in [-0.1, -0.05) is 12.1 Å². The fraction of sp³-hybridized carbons (Fsp3) is 0.158. The molecule has 2 amide bonds. The number of halogens is 1. The number of hydrogen-bond acceptors (Lipinski definition) is 4. The summed E-state index contributed by atoms with van der Waals surface area (Å²) in [6, 6.07) is 10.6. The van der Waals surface area contributed by atoms with Gasteiger partial charge < -0.3 is 15.1 Å². The lowest BCUT2D eigenvalue weighted by Gasteiger charge is -2.14. The molecule has 0 aliphatic heterocycles. The molecule has 0 aliphatic carbocycles. The first-order valence-electron chi connectivity index (χ1n) is 7.95. The van der Waals surface area contributed by atoms with Crippen LogP contribution in [0.15, 0.2) is 53.1 Å². The number of carbonyl (C=O) groups is 2. The molecule has 1 aromatic carbocycles. The molecule has 0 spiro atoms. The van der Waals surface area contributed by atoms with Gasteiger partial charge in [0.25, 0.3) is 11.8 Å². The third-order valence-electron chi connectivity index (χ3n) is 3.82. The van der Waals surface area contributed by atoms with Crippen LogP contribution < -0.4 is 10.6 Å². The number of carbonyl (C=O) groups excluding carboxylic acids is 2. The Morgan fingerprint density at radius 3 is 2.54 bits per heavy atom. The number of amides is 2. The lowest BCUT2D eigenvalue weighted by atomic mass is 10.1. The van der Waals surface area contributed by atoms with Crippen LogP contribution in [0.1, 0.15) is 44.3 Å². The van der Waals surface area contributed by atoms with Crippen LogP contribution in [0.4, 0.5) is 9.39 Å². The number of thiophene rings is 1. The Morgan fingerprint density at radius 1 is 1.15 bits per heavy atom. The zero-order chi connectivity index (χ0) is 18.7. The monoisotopic (exact) mass is 372 g/mol. The molecule has 0 aliphatic rings. The van der Waals surface area contributed by atoms with Crippen molar-refractivity contribution in [1.29, 1.82) is 0 Å². The second kappa shape index (κ2) is 7.53. The summed E-state index contributed by atoms with van der Waals surface area (Å²) in [7, 11) is 0. The summed E-state index contributed by atoms with van der Waals surface area (Å²) in [5.74, 6) is -0.740. The molecule has 0 radical (unpaired) electrons. The van der Waals surface area contributed by atoms with Crippen LogP contribution in [0.5, 0.6) is 0 Å². The quantitative estimate of drug-likeness (QED) is 0.691. The van der Waals surface area contributed by atoms with Gasteiger partial charge in [-0.05, 0) is 55.3 Å². The van der Waals surface area contributed by atoms with Crippen LogP contribution in [-0.2, 0) is 0 Å². The van der Waals surface area contributed by atoms with E-state index in [-0.39, 0.29) is 29.4 Å². The molecule has 0 saturated heterocycles. The molecule has 3 aromatic rings. The third-order valence-corrected chi connectivity index (χ3v) is 4.97. The fourth-order valence-corrected chi connectivity index (χ4v) is 3.42. The van der Waals surface area contributed by atoms with E-state index in [9.17, 15) is 14.0 Å². The van der Waals surface area contributed by atoms with Crippen molar-refractivity contribution in [3.63, 3.8) is 0 Å². The summed E-state index contributed by atoms with van der Waals surface area (Å²) in [6.07, 6.45) is 1.42. The average Bonchev–Trinajstić information content (AvgIpc) is 3.25. The van der Waals surface area contributed by atoms with Gasteiger partial charge in [0.15, 0.2) is 5.76 Å². The Bertz CT molecular complexity index is 917. The highest BCUT2D eigenvalue weighted by atomic mass is 32.1. The number of furan rings is 1. The lowest BCUT2D eigenvalue weighted by Crippen LogP contribution is -2.26. The number of hydrogen-bond donors (Lipinski definition) is 2. The van der Waals surface area contributed by atoms with Crippen molar-refractivity contribution >= 4 is 28.2 Å². The SMILES string of the molecule is Cc1cc(NC(=O)c2ccco2)sc1C(=O)N[C@@H](C)c1ccc(F)cc1. The summed E-state index contributed by atoms with van der Waals surface area (Å²) in [5.41, 5.74) is 1.56. The van der Waals surface area contributed by atoms with Gasteiger partial charge in [0.2, 0.25) is 0 Å². The normalized spacial score (nSPS) is 11.8. The molecule has 1 atom stereocenters. The van der Waals surface area contributed by atoms with E-state index >= 15 is 0 Å². The smallest absolute Gasteiger partial charge is 0.291 e. The molecule has 2 heterocycles. The van der Waals surface area contributed by atoms with E-state index in [1.807, 2.05) is 6.92 Å². The summed E-state index contributed by atoms with van der Waals surface area (Å²) in [4.78, 5) is 25.1. The molecule has 2 aromatic heterocycles. The lowest BCUT2D eigenvalue weighted by molar-refractivity contribution is 0.0942. The summed E-state index contributed by atoms with van der Waals surface area (Å²) in [5, 5.41) is 6.16. The second-order valence-electron chi connectivity index (χ2n) is 5.80. The summed E-state index contributed by atoms with van der Waals surface area (Å²) in [6.45, 7) is 3.63. The van der Waals surface area contributed by atoms with Crippen molar-refractivity contribution < 1.29 is 18.4 Å². The first-order valence-corrected chi connectivity index (χ1v) is 8.77. The van der Waals surface area contributed by atoms with E-state index in [1.165, 1.54) is 29.7 Å². The van der Waals surface area contributed by atoms with Crippen LogP contribution in [0.2, 0.25) is 0 Å². The van der Waals surface area contributed by atoms with Crippen molar-refractivity contribution in [1.82, 2.24) is 5.32 Å². The standard InChI is InChI=1S/C19H17FN2O3S/c1-11-10-16(22-18(23)15-4-3-9-25-15)26-17(11)19(24)21-12(2)13-5-7-14(20)8-6-13/h3-10,12H,1-2H3,(H,21,24)(H,22,23)/t12-/m0/s1. The Labute approximate surface area is 153 Å². The van der Waals surface area contributed by atoms with E-state index in [1.54, 1.807) is 37.3 Å². The van der Waals surface area contributed by atoms with Crippen molar-refractivity contribution in [2.75, 3.05) is 5.32 Å². The molecule has 2 N–H and O–H groups in total. The topological polar surface area (TPSA) is 71.3 Å². The first kappa shape index (κ1) is 17.9. The Hall–Kier alpha value is -2.93. The number of anilines is 1. The molecule has 3 rings (SSSR count). The number of rotatable bonds is 5. The first-order chi connectivity index (χ1) is 12.4. The summed E-state index contributed by atoms with van der Waals surface area (Å²) < 4.78 is 18.1. The van der Waals surface area contributed by atoms with E-state index in [0.29, 0.717) is 9.88 Å². The largest absolute Gasteiger partial charge is 0.459 e. The van der Waals surface area contributed by atoms with Gasteiger partial charge in [-0.15, -0.1) is 11.3 Å². The predicted octanol–water partition coefficient (Wildman–Crippen LogP) is 4.53. The maximum Gasteiger partial charge on any atom is 0.291 e. The summed E-state index contributed by atoms with van der Waals surface area (Å²) >= 11 is 1.19. The van der Waals surface area contributed by atoms with Crippen LogP contribution in [-0.4, -0.2) is 11.8 Å². The molecule has 26 heavy (non-hydrogen) atoms. The average molecular weight is 372 g/mol. The molecule has 0 saturated carbocycles. The zero-order valence-electron chi connectivity index (χ0n) is 14.2. The van der Waals surface area contributed by atoms with Crippen molar-refractivity contribution in [2.24, 2.45) is 0 Å². The van der Waals surface area contributed by atoms with Crippen molar-refractivity contribution in [3.05, 3.63) is 76.3 Å². The Kier molecular flexibility index (Phi) is 5.18. The van der Waals surface area contributed by atoms with Crippen molar-refractivity contribution in [3.8, 4) is 0 Å². The van der Waals surface area contributed by atoms with Crippen LogP contribution in [0, 0.1) is 12.7 Å². The highest BCUT2D eigenvalue weighted by Crippen LogP contribution is 2.28. The van der Waals surface area contributed by atoms with Gasteiger partial charge in [-0.2, -0.15) is 0 Å². The predicted molar refractivity (Wildman–Crippen MR) is 98.0 cm³/mol. The molecule has 0 bridgehead atoms. The van der Waals surface area contributed by atoms with Gasteiger partial charge in [-0.3, -0.25) is 9.59 Å². The minimum atomic E-state index is -0.372. The molecule has 134 valence electrons. The van der Waals surface area contributed by atoms with Crippen LogP contribution >= 0.6 is 11.3 Å². The highest BCUT2D eigenvalue weighted by molar-refractivity contribution is 7.18. The molecule has 7 heteroatoms. The maximum absolute atomic E-state index is 13.0. The van der Waals surface area contributed by atoms with E-state index in [4.69, 9.17) is 4.42 Å². The number of nitrogens with one attached hydrogen (secondary N) is 2. The zero-order valence-corrected chi connectivity index (χ0v) is 15.0. The van der Waals surface area contributed by atoms with Gasteiger partial charge in [0, 0.05) is 0 Å². The van der Waals surface area contributed by atoms with E-state index in [2.05, 4.69) is 10.6 Å². The molecule has 0 unspecified atom stereocenters. The van der Waals surface area contributed by atoms with E-state index < -0.39 is 0 Å². The number of aryl methyl sites for hydroxylation is 1. The van der Waals surface area contributed by atoms with Crippen molar-refractivity contribution in [2.45, 2.75) is 19.9 Å².